The van der Waals surface area contributed by atoms with Crippen LogP contribution in [-0.2, 0) is 9.53 Å². The minimum Gasteiger partial charge on any atom is -0.480 e. The summed E-state index contributed by atoms with van der Waals surface area (Å²) < 4.78 is 5.16. The SMILES string of the molecule is CCCCC(C)CC(O)C#C[C@@H]1[C@@H]2CC(CCOCC(=O)O)C[C@@H]2C[C@H]1O. The Morgan fingerprint density at radius 1 is 1.30 bits per heavy atom. The van der Waals surface area contributed by atoms with E-state index in [1.165, 1.54) is 12.8 Å². The lowest BCUT2D eigenvalue weighted by atomic mass is 9.90. The van der Waals surface area contributed by atoms with Gasteiger partial charge in [0, 0.05) is 12.5 Å². The molecule has 2 aliphatic rings. The number of aliphatic hydroxyl groups excluding tert-OH is 2. The van der Waals surface area contributed by atoms with Crippen LogP contribution in [0, 0.1) is 41.4 Å². The van der Waals surface area contributed by atoms with Crippen LogP contribution in [0.3, 0.4) is 0 Å². The van der Waals surface area contributed by atoms with Crippen LogP contribution in [0.2, 0.25) is 0 Å². The molecule has 3 N–H and O–H groups in total. The topological polar surface area (TPSA) is 87.0 Å². The zero-order valence-corrected chi connectivity index (χ0v) is 16.8. The zero-order valence-electron chi connectivity index (χ0n) is 16.8. The van der Waals surface area contributed by atoms with E-state index >= 15 is 0 Å². The van der Waals surface area contributed by atoms with Gasteiger partial charge in [-0.1, -0.05) is 45.0 Å². The second-order valence-corrected chi connectivity index (χ2v) is 8.61. The van der Waals surface area contributed by atoms with Crippen molar-refractivity contribution in [1.29, 1.82) is 0 Å². The van der Waals surface area contributed by atoms with Crippen LogP contribution in [0.25, 0.3) is 0 Å². The molecule has 2 fully saturated rings. The molecule has 0 spiro atoms. The van der Waals surface area contributed by atoms with E-state index < -0.39 is 12.1 Å². The van der Waals surface area contributed by atoms with Crippen LogP contribution in [0.15, 0.2) is 0 Å². The Hall–Kier alpha value is -1.09. The fourth-order valence-electron chi connectivity index (χ4n) is 4.88. The molecule has 154 valence electrons. The van der Waals surface area contributed by atoms with Crippen molar-refractivity contribution in [2.75, 3.05) is 13.2 Å². The van der Waals surface area contributed by atoms with Gasteiger partial charge < -0.3 is 20.1 Å². The second kappa shape index (κ2) is 11.0. The predicted octanol–water partition coefficient (Wildman–Crippen LogP) is 3.08. The van der Waals surface area contributed by atoms with E-state index in [9.17, 15) is 15.0 Å². The second-order valence-electron chi connectivity index (χ2n) is 8.61. The van der Waals surface area contributed by atoms with E-state index in [0.29, 0.717) is 36.7 Å². The Morgan fingerprint density at radius 3 is 2.78 bits per heavy atom. The average molecular weight is 381 g/mol. The Bertz CT molecular complexity index is 523. The molecule has 5 nitrogen and oxygen atoms in total. The van der Waals surface area contributed by atoms with Crippen molar-refractivity contribution in [3.8, 4) is 11.8 Å². The molecule has 5 heteroatoms. The monoisotopic (exact) mass is 380 g/mol. The summed E-state index contributed by atoms with van der Waals surface area (Å²) in [4.78, 5) is 10.5. The molecule has 27 heavy (non-hydrogen) atoms. The number of carboxylic acid groups (broad SMARTS) is 1. The molecule has 2 saturated carbocycles. The van der Waals surface area contributed by atoms with Crippen molar-refractivity contribution in [2.45, 2.75) is 77.4 Å². The van der Waals surface area contributed by atoms with Gasteiger partial charge in [0.1, 0.15) is 12.7 Å². The number of fused-ring (bicyclic) bond motifs is 1. The molecule has 3 unspecified atom stereocenters. The molecule has 2 rings (SSSR count). The first-order valence-corrected chi connectivity index (χ1v) is 10.6. The maximum Gasteiger partial charge on any atom is 0.329 e. The van der Waals surface area contributed by atoms with Gasteiger partial charge in [0.05, 0.1) is 6.10 Å². The number of rotatable bonds is 10. The summed E-state index contributed by atoms with van der Waals surface area (Å²) in [6.45, 7) is 4.58. The average Bonchev–Trinajstić information content (AvgIpc) is 3.11. The summed E-state index contributed by atoms with van der Waals surface area (Å²) in [5, 5.41) is 29.2. The molecule has 2 aliphatic carbocycles. The minimum atomic E-state index is -0.931. The van der Waals surface area contributed by atoms with E-state index in [1.54, 1.807) is 0 Å². The lowest BCUT2D eigenvalue weighted by Crippen LogP contribution is -2.19. The third-order valence-electron chi connectivity index (χ3n) is 6.26. The minimum absolute atomic E-state index is 0.0412. The van der Waals surface area contributed by atoms with Gasteiger partial charge in [-0.3, -0.25) is 0 Å². The van der Waals surface area contributed by atoms with Crippen LogP contribution >= 0.6 is 0 Å². The molecule has 7 atom stereocenters. The Morgan fingerprint density at radius 2 is 2.07 bits per heavy atom. The quantitative estimate of drug-likeness (QED) is 0.400. The molecule has 0 radical (unpaired) electrons. The molecule has 0 aromatic heterocycles. The Labute approximate surface area is 163 Å². The molecule has 0 aliphatic heterocycles. The number of carboxylic acids is 1. The summed E-state index contributed by atoms with van der Waals surface area (Å²) in [5.74, 6) is 7.11. The summed E-state index contributed by atoms with van der Waals surface area (Å²) in [7, 11) is 0. The Balaban J connectivity index is 1.80. The van der Waals surface area contributed by atoms with E-state index in [2.05, 4.69) is 25.7 Å². The number of aliphatic carboxylic acids is 1. The smallest absolute Gasteiger partial charge is 0.329 e. The zero-order chi connectivity index (χ0) is 19.8. The predicted molar refractivity (Wildman–Crippen MR) is 104 cm³/mol. The van der Waals surface area contributed by atoms with Crippen LogP contribution in [-0.4, -0.2) is 46.7 Å². The van der Waals surface area contributed by atoms with Crippen molar-refractivity contribution < 1.29 is 24.9 Å². The first-order valence-electron chi connectivity index (χ1n) is 10.6. The molecule has 0 saturated heterocycles. The van der Waals surface area contributed by atoms with Crippen LogP contribution in [0.4, 0.5) is 0 Å². The highest BCUT2D eigenvalue weighted by atomic mass is 16.5. The molecule has 0 heterocycles. The van der Waals surface area contributed by atoms with Gasteiger partial charge in [0.25, 0.3) is 0 Å². The summed E-state index contributed by atoms with van der Waals surface area (Å²) >= 11 is 0. The lowest BCUT2D eigenvalue weighted by molar-refractivity contribution is -0.142. The molecule has 0 amide bonds. The van der Waals surface area contributed by atoms with E-state index in [4.69, 9.17) is 9.84 Å². The van der Waals surface area contributed by atoms with Gasteiger partial charge in [-0.2, -0.15) is 0 Å². The van der Waals surface area contributed by atoms with Crippen molar-refractivity contribution >= 4 is 5.97 Å². The van der Waals surface area contributed by atoms with Gasteiger partial charge in [-0.25, -0.2) is 4.79 Å². The third kappa shape index (κ3) is 7.10. The van der Waals surface area contributed by atoms with E-state index in [-0.39, 0.29) is 18.6 Å². The lowest BCUT2D eigenvalue weighted by Gasteiger charge is -2.17. The van der Waals surface area contributed by atoms with Gasteiger partial charge in [-0.05, 0) is 55.8 Å². The highest BCUT2D eigenvalue weighted by Gasteiger charge is 2.47. The van der Waals surface area contributed by atoms with E-state index in [1.807, 2.05) is 0 Å². The maximum atomic E-state index is 10.5. The molecular weight excluding hydrogens is 344 g/mol. The third-order valence-corrected chi connectivity index (χ3v) is 6.26. The number of hydrogen-bond donors (Lipinski definition) is 3. The van der Waals surface area contributed by atoms with Gasteiger partial charge in [0.2, 0.25) is 0 Å². The van der Waals surface area contributed by atoms with Crippen molar-refractivity contribution in [3.63, 3.8) is 0 Å². The standard InChI is InChI=1S/C22H36O5/c1-3-4-5-15(2)10-18(23)6-7-19-20-12-16(8-9-27-14-22(25)26)11-17(20)13-21(19)24/h15-21,23-24H,3-5,8-14H2,1-2H3,(H,25,26)/t15?,16?,17-,18?,19-,20-,21-/m1/s1. The van der Waals surface area contributed by atoms with Crippen LogP contribution < -0.4 is 0 Å². The normalized spacial score (nSPS) is 31.8. The van der Waals surface area contributed by atoms with E-state index in [0.717, 1.165) is 32.1 Å². The number of carbonyl (C=O) groups is 1. The summed E-state index contributed by atoms with van der Waals surface area (Å²) in [6, 6.07) is 0. The number of hydrogen-bond acceptors (Lipinski definition) is 4. The van der Waals surface area contributed by atoms with Crippen LogP contribution in [0.1, 0.15) is 65.2 Å². The molecular formula is C22H36O5. The van der Waals surface area contributed by atoms with Crippen molar-refractivity contribution in [1.82, 2.24) is 0 Å². The van der Waals surface area contributed by atoms with Crippen molar-refractivity contribution in [2.24, 2.45) is 29.6 Å². The van der Waals surface area contributed by atoms with Crippen LogP contribution in [0.5, 0.6) is 0 Å². The molecule has 0 bridgehead atoms. The number of ether oxygens (including phenoxy) is 1. The first kappa shape index (κ1) is 22.2. The highest BCUT2D eigenvalue weighted by molar-refractivity contribution is 5.67. The number of unbranched alkanes of at least 4 members (excludes halogenated alkanes) is 1. The maximum absolute atomic E-state index is 10.5. The van der Waals surface area contributed by atoms with Gasteiger partial charge >= 0.3 is 5.97 Å². The van der Waals surface area contributed by atoms with Gasteiger partial charge in [-0.15, -0.1) is 0 Å². The summed E-state index contributed by atoms with van der Waals surface area (Å²) in [6.07, 6.45) is 6.92. The number of aliphatic hydroxyl groups is 2. The van der Waals surface area contributed by atoms with Gasteiger partial charge in [0.15, 0.2) is 0 Å². The largest absolute Gasteiger partial charge is 0.480 e. The Kier molecular flexibility index (Phi) is 9.08. The van der Waals surface area contributed by atoms with Crippen molar-refractivity contribution in [3.05, 3.63) is 0 Å². The highest BCUT2D eigenvalue weighted by Crippen LogP contribution is 2.50. The summed E-state index contributed by atoms with van der Waals surface area (Å²) in [5.41, 5.74) is 0. The first-order chi connectivity index (χ1) is 12.9. The fourth-order valence-corrected chi connectivity index (χ4v) is 4.88. The molecule has 0 aromatic rings. The fraction of sp³-hybridized carbons (Fsp3) is 0.864. The molecule has 0 aromatic carbocycles.